The molecule has 0 spiro atoms. The molecule has 0 aliphatic heterocycles. The minimum absolute atomic E-state index is 0.143. The molecule has 0 atom stereocenters. The second kappa shape index (κ2) is 6.33. The van der Waals surface area contributed by atoms with Gasteiger partial charge in [0.05, 0.1) is 6.10 Å². The van der Waals surface area contributed by atoms with Gasteiger partial charge in [0.1, 0.15) is 5.75 Å². The Morgan fingerprint density at radius 1 is 1.37 bits per heavy atom. The Balaban J connectivity index is 2.14. The lowest BCUT2D eigenvalue weighted by molar-refractivity contribution is 0.242. The van der Waals surface area contributed by atoms with Gasteiger partial charge in [-0.15, -0.1) is 0 Å². The van der Waals surface area contributed by atoms with Crippen molar-refractivity contribution in [3.8, 4) is 17.2 Å². The van der Waals surface area contributed by atoms with E-state index >= 15 is 0 Å². The Morgan fingerprint density at radius 2 is 2.21 bits per heavy atom. The van der Waals surface area contributed by atoms with Crippen LogP contribution in [0.5, 0.6) is 5.75 Å². The first kappa shape index (κ1) is 13.5. The summed E-state index contributed by atoms with van der Waals surface area (Å²) >= 11 is 0. The van der Waals surface area contributed by atoms with Crippen molar-refractivity contribution in [3.05, 3.63) is 30.1 Å². The van der Waals surface area contributed by atoms with Crippen molar-refractivity contribution in [1.82, 2.24) is 15.5 Å². The highest BCUT2D eigenvalue weighted by Gasteiger charge is 2.09. The fraction of sp³-hybridized carbons (Fsp3) is 0.429. The molecule has 5 nitrogen and oxygen atoms in total. The maximum atomic E-state index is 5.65. The van der Waals surface area contributed by atoms with Crippen molar-refractivity contribution in [2.24, 2.45) is 0 Å². The van der Waals surface area contributed by atoms with E-state index in [4.69, 9.17) is 9.26 Å². The number of nitrogens with one attached hydrogen (secondary N) is 1. The standard InChI is InChI=1S/C14H19N3O2/c1-10(2)18-12-6-4-5-11(9-12)14-16-13(17-19-14)7-8-15-3/h4-6,9-10,15H,7-8H2,1-3H3. The summed E-state index contributed by atoms with van der Waals surface area (Å²) < 4.78 is 10.9. The molecule has 0 bridgehead atoms. The van der Waals surface area contributed by atoms with Gasteiger partial charge in [-0.2, -0.15) is 4.98 Å². The van der Waals surface area contributed by atoms with Crippen LogP contribution in [0.4, 0.5) is 0 Å². The van der Waals surface area contributed by atoms with E-state index in [1.165, 1.54) is 0 Å². The van der Waals surface area contributed by atoms with Crippen molar-refractivity contribution in [1.29, 1.82) is 0 Å². The number of benzene rings is 1. The fourth-order valence-corrected chi connectivity index (χ4v) is 1.68. The van der Waals surface area contributed by atoms with Crippen molar-refractivity contribution < 1.29 is 9.26 Å². The smallest absolute Gasteiger partial charge is 0.258 e. The zero-order valence-electron chi connectivity index (χ0n) is 11.5. The van der Waals surface area contributed by atoms with Gasteiger partial charge in [-0.25, -0.2) is 0 Å². The summed E-state index contributed by atoms with van der Waals surface area (Å²) in [5.41, 5.74) is 0.876. The number of hydrogen-bond acceptors (Lipinski definition) is 5. The lowest BCUT2D eigenvalue weighted by Gasteiger charge is -2.09. The second-order valence-electron chi connectivity index (χ2n) is 4.56. The van der Waals surface area contributed by atoms with Crippen molar-refractivity contribution in [3.63, 3.8) is 0 Å². The quantitative estimate of drug-likeness (QED) is 0.864. The minimum atomic E-state index is 0.143. The van der Waals surface area contributed by atoms with Gasteiger partial charge in [0.25, 0.3) is 5.89 Å². The van der Waals surface area contributed by atoms with E-state index in [9.17, 15) is 0 Å². The Hall–Kier alpha value is -1.88. The number of ether oxygens (including phenoxy) is 1. The molecule has 0 aliphatic carbocycles. The molecule has 1 aromatic carbocycles. The van der Waals surface area contributed by atoms with Gasteiger partial charge in [0, 0.05) is 18.5 Å². The third kappa shape index (κ3) is 3.79. The van der Waals surface area contributed by atoms with E-state index in [1.807, 2.05) is 45.2 Å². The van der Waals surface area contributed by atoms with Crippen LogP contribution in [-0.4, -0.2) is 29.8 Å². The molecular formula is C14H19N3O2. The number of likely N-dealkylation sites (N-methyl/N-ethyl adjacent to an activating group) is 1. The highest BCUT2D eigenvalue weighted by atomic mass is 16.5. The molecule has 0 unspecified atom stereocenters. The van der Waals surface area contributed by atoms with Crippen LogP contribution in [-0.2, 0) is 6.42 Å². The summed E-state index contributed by atoms with van der Waals surface area (Å²) in [7, 11) is 1.90. The first-order valence-corrected chi connectivity index (χ1v) is 6.43. The molecule has 0 saturated heterocycles. The first-order valence-electron chi connectivity index (χ1n) is 6.43. The molecule has 1 heterocycles. The van der Waals surface area contributed by atoms with Crippen LogP contribution in [0.2, 0.25) is 0 Å². The average molecular weight is 261 g/mol. The van der Waals surface area contributed by atoms with E-state index in [-0.39, 0.29) is 6.10 Å². The predicted octanol–water partition coefficient (Wildman–Crippen LogP) is 2.29. The van der Waals surface area contributed by atoms with Crippen LogP contribution >= 0.6 is 0 Å². The van der Waals surface area contributed by atoms with Gasteiger partial charge in [0.15, 0.2) is 5.82 Å². The highest BCUT2D eigenvalue weighted by Crippen LogP contribution is 2.23. The summed E-state index contributed by atoms with van der Waals surface area (Å²) in [4.78, 5) is 4.36. The Labute approximate surface area is 113 Å². The Bertz CT molecular complexity index is 523. The molecule has 0 aliphatic rings. The van der Waals surface area contributed by atoms with Gasteiger partial charge >= 0.3 is 0 Å². The average Bonchev–Trinajstić information content (AvgIpc) is 2.84. The van der Waals surface area contributed by atoms with Gasteiger partial charge < -0.3 is 14.6 Å². The van der Waals surface area contributed by atoms with Crippen LogP contribution in [0.15, 0.2) is 28.8 Å². The van der Waals surface area contributed by atoms with Gasteiger partial charge in [0.2, 0.25) is 0 Å². The monoisotopic (exact) mass is 261 g/mol. The summed E-state index contributed by atoms with van der Waals surface area (Å²) in [6, 6.07) is 7.68. The summed E-state index contributed by atoms with van der Waals surface area (Å²) in [5, 5.41) is 7.01. The number of hydrogen-bond donors (Lipinski definition) is 1. The predicted molar refractivity (Wildman–Crippen MR) is 73.1 cm³/mol. The molecule has 2 aromatic rings. The maximum absolute atomic E-state index is 5.65. The van der Waals surface area contributed by atoms with Gasteiger partial charge in [-0.1, -0.05) is 11.2 Å². The Kier molecular flexibility index (Phi) is 4.52. The van der Waals surface area contributed by atoms with E-state index in [0.717, 1.165) is 24.3 Å². The normalized spacial score (nSPS) is 10.9. The molecule has 0 saturated carbocycles. The number of aromatic nitrogens is 2. The van der Waals surface area contributed by atoms with E-state index < -0.39 is 0 Å². The summed E-state index contributed by atoms with van der Waals surface area (Å²) in [6.45, 7) is 4.82. The van der Waals surface area contributed by atoms with Crippen LogP contribution in [0.1, 0.15) is 19.7 Å². The molecule has 0 radical (unpaired) electrons. The van der Waals surface area contributed by atoms with Gasteiger partial charge in [-0.05, 0) is 39.1 Å². The minimum Gasteiger partial charge on any atom is -0.491 e. The molecule has 1 aromatic heterocycles. The molecule has 0 fully saturated rings. The first-order chi connectivity index (χ1) is 9.19. The summed E-state index contributed by atoms with van der Waals surface area (Å²) in [6.07, 6.45) is 0.895. The third-order valence-corrected chi connectivity index (χ3v) is 2.52. The lowest BCUT2D eigenvalue weighted by atomic mass is 10.2. The van der Waals surface area contributed by atoms with Crippen LogP contribution in [0.25, 0.3) is 11.5 Å². The van der Waals surface area contributed by atoms with Crippen molar-refractivity contribution in [2.75, 3.05) is 13.6 Å². The van der Waals surface area contributed by atoms with Crippen molar-refractivity contribution in [2.45, 2.75) is 26.4 Å². The van der Waals surface area contributed by atoms with E-state index in [2.05, 4.69) is 15.5 Å². The SMILES string of the molecule is CNCCc1noc(-c2cccc(OC(C)C)c2)n1. The number of rotatable bonds is 6. The lowest BCUT2D eigenvalue weighted by Crippen LogP contribution is -2.11. The molecule has 2 rings (SSSR count). The highest BCUT2D eigenvalue weighted by molar-refractivity contribution is 5.55. The van der Waals surface area contributed by atoms with E-state index in [1.54, 1.807) is 0 Å². The van der Waals surface area contributed by atoms with Crippen LogP contribution in [0, 0.1) is 0 Å². The third-order valence-electron chi connectivity index (χ3n) is 2.52. The topological polar surface area (TPSA) is 60.2 Å². The van der Waals surface area contributed by atoms with Gasteiger partial charge in [-0.3, -0.25) is 0 Å². The van der Waals surface area contributed by atoms with Crippen LogP contribution in [0.3, 0.4) is 0 Å². The fourth-order valence-electron chi connectivity index (χ4n) is 1.68. The zero-order valence-corrected chi connectivity index (χ0v) is 11.5. The zero-order chi connectivity index (χ0) is 13.7. The molecule has 0 amide bonds. The molecule has 1 N–H and O–H groups in total. The molecular weight excluding hydrogens is 242 g/mol. The molecule has 102 valence electrons. The van der Waals surface area contributed by atoms with E-state index in [0.29, 0.717) is 11.7 Å². The van der Waals surface area contributed by atoms with Crippen molar-refractivity contribution >= 4 is 0 Å². The maximum Gasteiger partial charge on any atom is 0.258 e. The number of nitrogens with zero attached hydrogens (tertiary/aromatic N) is 2. The molecule has 5 heteroatoms. The summed E-state index contributed by atoms with van der Waals surface area (Å²) in [5.74, 6) is 2.04. The molecule has 19 heavy (non-hydrogen) atoms. The Morgan fingerprint density at radius 3 is 2.95 bits per heavy atom. The largest absolute Gasteiger partial charge is 0.491 e. The van der Waals surface area contributed by atoms with Crippen LogP contribution < -0.4 is 10.1 Å². The second-order valence-corrected chi connectivity index (χ2v) is 4.56.